The Kier molecular flexibility index (Phi) is 5.23. The zero-order chi connectivity index (χ0) is 16.1. The van der Waals surface area contributed by atoms with Gasteiger partial charge in [-0.25, -0.2) is 4.79 Å². The molecule has 5 nitrogen and oxygen atoms in total. The van der Waals surface area contributed by atoms with Crippen LogP contribution >= 0.6 is 11.5 Å². The van der Waals surface area contributed by atoms with Crippen LogP contribution in [0.1, 0.15) is 48.2 Å². The van der Waals surface area contributed by atoms with E-state index in [1.807, 2.05) is 24.3 Å². The third kappa shape index (κ3) is 3.88. The first-order chi connectivity index (χ1) is 11.3. The average molecular weight is 332 g/mol. The van der Waals surface area contributed by atoms with E-state index in [0.717, 1.165) is 48.5 Å². The van der Waals surface area contributed by atoms with Crippen molar-refractivity contribution >= 4 is 17.5 Å². The van der Waals surface area contributed by atoms with Gasteiger partial charge >= 0.3 is 5.97 Å². The third-order valence-corrected chi connectivity index (χ3v) is 4.82. The fourth-order valence-corrected chi connectivity index (χ4v) is 3.40. The number of benzene rings is 1. The van der Waals surface area contributed by atoms with Crippen LogP contribution < -0.4 is 4.74 Å². The summed E-state index contributed by atoms with van der Waals surface area (Å²) in [5.41, 5.74) is 1.42. The molecule has 0 unspecified atom stereocenters. The van der Waals surface area contributed by atoms with Crippen LogP contribution in [0.2, 0.25) is 0 Å². The Morgan fingerprint density at radius 3 is 2.48 bits per heavy atom. The lowest BCUT2D eigenvalue weighted by atomic mass is 10.1. The summed E-state index contributed by atoms with van der Waals surface area (Å²) >= 11 is 1.09. The van der Waals surface area contributed by atoms with E-state index in [1.165, 1.54) is 12.8 Å². The highest BCUT2D eigenvalue weighted by Gasteiger charge is 2.23. The fourth-order valence-electron chi connectivity index (χ4n) is 2.83. The van der Waals surface area contributed by atoms with E-state index in [2.05, 4.69) is 9.59 Å². The first kappa shape index (κ1) is 15.9. The zero-order valence-electron chi connectivity index (χ0n) is 13.2. The molecule has 1 saturated carbocycles. The summed E-state index contributed by atoms with van der Waals surface area (Å²) in [6, 6.07) is 7.43. The Labute approximate surface area is 139 Å². The lowest BCUT2D eigenvalue weighted by molar-refractivity contribution is 0.0273. The van der Waals surface area contributed by atoms with Crippen molar-refractivity contribution in [1.29, 1.82) is 0 Å². The van der Waals surface area contributed by atoms with Gasteiger partial charge in [0.25, 0.3) is 0 Å². The molecular weight excluding hydrogens is 312 g/mol. The highest BCUT2D eigenvalue weighted by Crippen LogP contribution is 2.28. The van der Waals surface area contributed by atoms with Crippen molar-refractivity contribution in [2.24, 2.45) is 0 Å². The number of methoxy groups -OCH3 is 1. The van der Waals surface area contributed by atoms with E-state index in [-0.39, 0.29) is 12.1 Å². The number of nitrogens with zero attached hydrogens (tertiary/aromatic N) is 2. The van der Waals surface area contributed by atoms with Gasteiger partial charge in [-0.15, -0.1) is 5.10 Å². The molecule has 0 spiro atoms. The second-order valence-electron chi connectivity index (χ2n) is 5.70. The van der Waals surface area contributed by atoms with E-state index >= 15 is 0 Å². The van der Waals surface area contributed by atoms with Gasteiger partial charge in [-0.05, 0) is 61.5 Å². The minimum absolute atomic E-state index is 0.0239. The molecule has 0 radical (unpaired) electrons. The normalized spacial score (nSPS) is 15.9. The summed E-state index contributed by atoms with van der Waals surface area (Å²) in [6.45, 7) is 0. The predicted octanol–water partition coefficient (Wildman–Crippen LogP) is 4.09. The van der Waals surface area contributed by atoms with E-state index < -0.39 is 0 Å². The number of rotatable bonds is 4. The fraction of sp³-hybridized carbons (Fsp3) is 0.471. The van der Waals surface area contributed by atoms with Crippen LogP contribution in [0.15, 0.2) is 24.3 Å². The lowest BCUT2D eigenvalue weighted by Crippen LogP contribution is -2.17. The molecule has 0 amide bonds. The monoisotopic (exact) mass is 332 g/mol. The van der Waals surface area contributed by atoms with Gasteiger partial charge in [0.1, 0.15) is 17.5 Å². The molecule has 1 aromatic heterocycles. The van der Waals surface area contributed by atoms with Crippen molar-refractivity contribution in [3.63, 3.8) is 0 Å². The first-order valence-corrected chi connectivity index (χ1v) is 8.73. The number of carbonyl (C=O) groups is 1. The maximum Gasteiger partial charge on any atom is 0.352 e. The highest BCUT2D eigenvalue weighted by molar-refractivity contribution is 7.08. The second-order valence-corrected chi connectivity index (χ2v) is 6.45. The molecule has 1 aliphatic carbocycles. The highest BCUT2D eigenvalue weighted by atomic mass is 32.1. The Morgan fingerprint density at radius 2 is 1.83 bits per heavy atom. The third-order valence-electron chi connectivity index (χ3n) is 4.11. The van der Waals surface area contributed by atoms with Gasteiger partial charge in [-0.2, -0.15) is 0 Å². The molecule has 3 rings (SSSR count). The number of hydrogen-bond donors (Lipinski definition) is 0. The summed E-state index contributed by atoms with van der Waals surface area (Å²) in [5.74, 6) is 0.456. The quantitative estimate of drug-likeness (QED) is 0.623. The SMILES string of the molecule is COc1ccc(-c2nnsc2C(=O)OC2CCCCCC2)cc1. The number of hydrogen-bond acceptors (Lipinski definition) is 6. The smallest absolute Gasteiger partial charge is 0.352 e. The first-order valence-electron chi connectivity index (χ1n) is 7.95. The summed E-state index contributed by atoms with van der Waals surface area (Å²) in [6.07, 6.45) is 6.65. The van der Waals surface area contributed by atoms with Crippen LogP contribution in [0, 0.1) is 0 Å². The van der Waals surface area contributed by atoms with Crippen LogP contribution in [0.5, 0.6) is 5.75 Å². The van der Waals surface area contributed by atoms with Gasteiger partial charge in [0.15, 0.2) is 4.88 Å². The number of carbonyl (C=O) groups excluding carboxylic acids is 1. The topological polar surface area (TPSA) is 61.3 Å². The van der Waals surface area contributed by atoms with Crippen molar-refractivity contribution in [3.8, 4) is 17.0 Å². The van der Waals surface area contributed by atoms with Crippen molar-refractivity contribution in [2.75, 3.05) is 7.11 Å². The summed E-state index contributed by atoms with van der Waals surface area (Å²) in [7, 11) is 1.62. The van der Waals surface area contributed by atoms with Gasteiger partial charge in [-0.1, -0.05) is 17.3 Å². The van der Waals surface area contributed by atoms with Crippen molar-refractivity contribution in [1.82, 2.24) is 9.59 Å². The molecule has 0 saturated heterocycles. The molecule has 1 aliphatic rings. The van der Waals surface area contributed by atoms with Crippen molar-refractivity contribution in [3.05, 3.63) is 29.1 Å². The molecule has 1 aromatic carbocycles. The minimum atomic E-state index is -0.308. The Balaban J connectivity index is 1.75. The molecule has 122 valence electrons. The molecule has 0 atom stereocenters. The van der Waals surface area contributed by atoms with Gasteiger partial charge in [-0.3, -0.25) is 0 Å². The molecule has 0 N–H and O–H groups in total. The molecule has 1 heterocycles. The standard InChI is InChI=1S/C17H20N2O3S/c1-21-13-10-8-12(9-11-13)15-16(23-19-18-15)17(20)22-14-6-4-2-3-5-7-14/h8-11,14H,2-7H2,1H3. The average Bonchev–Trinajstić information content (AvgIpc) is 2.94. The van der Waals surface area contributed by atoms with Crippen LogP contribution in [-0.4, -0.2) is 28.8 Å². The summed E-state index contributed by atoms with van der Waals surface area (Å²) in [5, 5.41) is 4.10. The molecule has 0 bridgehead atoms. The maximum atomic E-state index is 12.5. The molecule has 6 heteroatoms. The Bertz CT molecular complexity index is 646. The van der Waals surface area contributed by atoms with Gasteiger partial charge in [0, 0.05) is 5.56 Å². The number of esters is 1. The Hall–Kier alpha value is -1.95. The van der Waals surface area contributed by atoms with Crippen LogP contribution in [-0.2, 0) is 4.74 Å². The van der Waals surface area contributed by atoms with Crippen LogP contribution in [0.3, 0.4) is 0 Å². The van der Waals surface area contributed by atoms with E-state index in [1.54, 1.807) is 7.11 Å². The summed E-state index contributed by atoms with van der Waals surface area (Å²) in [4.78, 5) is 13.0. The molecule has 23 heavy (non-hydrogen) atoms. The minimum Gasteiger partial charge on any atom is -0.497 e. The van der Waals surface area contributed by atoms with E-state index in [4.69, 9.17) is 9.47 Å². The maximum absolute atomic E-state index is 12.5. The van der Waals surface area contributed by atoms with Crippen LogP contribution in [0.25, 0.3) is 11.3 Å². The van der Waals surface area contributed by atoms with Crippen LogP contribution in [0.4, 0.5) is 0 Å². The van der Waals surface area contributed by atoms with E-state index in [0.29, 0.717) is 10.6 Å². The molecular formula is C17H20N2O3S. The van der Waals surface area contributed by atoms with Crippen molar-refractivity contribution < 1.29 is 14.3 Å². The number of aromatic nitrogens is 2. The zero-order valence-corrected chi connectivity index (χ0v) is 14.0. The molecule has 0 aliphatic heterocycles. The van der Waals surface area contributed by atoms with Gasteiger partial charge in [0.05, 0.1) is 7.11 Å². The van der Waals surface area contributed by atoms with Crippen molar-refractivity contribution in [2.45, 2.75) is 44.6 Å². The molecule has 2 aromatic rings. The predicted molar refractivity (Wildman–Crippen MR) is 88.8 cm³/mol. The largest absolute Gasteiger partial charge is 0.497 e. The second kappa shape index (κ2) is 7.55. The lowest BCUT2D eigenvalue weighted by Gasteiger charge is -2.14. The number of ether oxygens (including phenoxy) is 2. The molecule has 1 fully saturated rings. The van der Waals surface area contributed by atoms with Gasteiger partial charge < -0.3 is 9.47 Å². The summed E-state index contributed by atoms with van der Waals surface area (Å²) < 4.78 is 14.8. The van der Waals surface area contributed by atoms with E-state index in [9.17, 15) is 4.79 Å². The van der Waals surface area contributed by atoms with Gasteiger partial charge in [0.2, 0.25) is 0 Å². The Morgan fingerprint density at radius 1 is 1.13 bits per heavy atom.